The molecule has 74 valence electrons. The van der Waals surface area contributed by atoms with Crippen LogP contribution in [0.2, 0.25) is 4.34 Å². The topological polar surface area (TPSA) is 26.0 Å². The van der Waals surface area contributed by atoms with E-state index in [1.165, 1.54) is 4.88 Å². The van der Waals surface area contributed by atoms with E-state index in [4.69, 9.17) is 17.3 Å². The first-order valence-corrected chi connectivity index (χ1v) is 5.60. The average molecular weight is 218 g/mol. The molecule has 0 saturated carbocycles. The van der Waals surface area contributed by atoms with E-state index >= 15 is 0 Å². The molecule has 0 saturated heterocycles. The molecule has 0 aliphatic heterocycles. The van der Waals surface area contributed by atoms with Crippen LogP contribution in [0.4, 0.5) is 0 Å². The summed E-state index contributed by atoms with van der Waals surface area (Å²) < 4.78 is 0.845. The Morgan fingerprint density at radius 1 is 1.46 bits per heavy atom. The summed E-state index contributed by atoms with van der Waals surface area (Å²) in [5.74, 6) is 0.407. The van der Waals surface area contributed by atoms with Gasteiger partial charge in [-0.1, -0.05) is 32.4 Å². The van der Waals surface area contributed by atoms with E-state index in [0.29, 0.717) is 12.5 Å². The van der Waals surface area contributed by atoms with E-state index in [0.717, 1.165) is 4.34 Å². The van der Waals surface area contributed by atoms with E-state index in [9.17, 15) is 0 Å². The maximum absolute atomic E-state index is 5.89. The van der Waals surface area contributed by atoms with Crippen molar-refractivity contribution in [3.05, 3.63) is 21.3 Å². The fourth-order valence-corrected chi connectivity index (χ4v) is 2.83. The number of rotatable bonds is 2. The molecule has 0 aliphatic carbocycles. The van der Waals surface area contributed by atoms with E-state index in [1.54, 1.807) is 11.3 Å². The third-order valence-corrected chi connectivity index (χ3v) is 3.56. The Morgan fingerprint density at radius 3 is 2.38 bits per heavy atom. The van der Waals surface area contributed by atoms with Gasteiger partial charge in [-0.3, -0.25) is 0 Å². The summed E-state index contributed by atoms with van der Waals surface area (Å²) in [5, 5.41) is 0. The molecule has 0 bridgehead atoms. The molecule has 1 heterocycles. The number of hydrogen-bond acceptors (Lipinski definition) is 2. The van der Waals surface area contributed by atoms with E-state index < -0.39 is 0 Å². The number of thiophene rings is 1. The van der Waals surface area contributed by atoms with Gasteiger partial charge >= 0.3 is 0 Å². The quantitative estimate of drug-likeness (QED) is 0.807. The van der Waals surface area contributed by atoms with Crippen molar-refractivity contribution in [1.29, 1.82) is 0 Å². The highest BCUT2D eigenvalue weighted by Gasteiger charge is 2.25. The van der Waals surface area contributed by atoms with Crippen molar-refractivity contribution >= 4 is 22.9 Å². The zero-order valence-corrected chi connectivity index (χ0v) is 9.88. The monoisotopic (exact) mass is 217 g/mol. The summed E-state index contributed by atoms with van der Waals surface area (Å²) in [6.45, 7) is 7.30. The predicted molar refractivity (Wildman–Crippen MR) is 60.6 cm³/mol. The van der Waals surface area contributed by atoms with Crippen molar-refractivity contribution < 1.29 is 0 Å². The van der Waals surface area contributed by atoms with Crippen LogP contribution >= 0.6 is 22.9 Å². The molecule has 0 amide bonds. The second kappa shape index (κ2) is 3.99. The van der Waals surface area contributed by atoms with Gasteiger partial charge < -0.3 is 5.73 Å². The van der Waals surface area contributed by atoms with Crippen LogP contribution in [0.25, 0.3) is 0 Å². The molecule has 3 heteroatoms. The maximum Gasteiger partial charge on any atom is 0.0931 e. The van der Waals surface area contributed by atoms with E-state index in [-0.39, 0.29) is 5.41 Å². The SMILES string of the molecule is CC(C)(C)C(CN)c1ccc(Cl)s1. The summed E-state index contributed by atoms with van der Waals surface area (Å²) in [4.78, 5) is 1.29. The first kappa shape index (κ1) is 11.0. The summed E-state index contributed by atoms with van der Waals surface area (Å²) >= 11 is 7.52. The lowest BCUT2D eigenvalue weighted by Crippen LogP contribution is -2.25. The Balaban J connectivity index is 2.91. The minimum absolute atomic E-state index is 0.211. The number of nitrogens with two attached hydrogens (primary N) is 1. The lowest BCUT2D eigenvalue weighted by Gasteiger charge is -2.28. The van der Waals surface area contributed by atoms with Gasteiger partial charge in [-0.25, -0.2) is 0 Å². The highest BCUT2D eigenvalue weighted by Crippen LogP contribution is 2.38. The van der Waals surface area contributed by atoms with Crippen LogP contribution in [0, 0.1) is 5.41 Å². The largest absolute Gasteiger partial charge is 0.330 e. The standard InChI is InChI=1S/C10H16ClNS/c1-10(2,3)7(6-12)8-4-5-9(11)13-8/h4-5,7H,6,12H2,1-3H3. The summed E-state index contributed by atoms with van der Waals surface area (Å²) in [6.07, 6.45) is 0. The molecular formula is C10H16ClNS. The van der Waals surface area contributed by atoms with E-state index in [2.05, 4.69) is 26.8 Å². The Hall–Kier alpha value is -0.0500. The van der Waals surface area contributed by atoms with Crippen LogP contribution < -0.4 is 5.73 Å². The lowest BCUT2D eigenvalue weighted by molar-refractivity contribution is 0.329. The molecule has 1 aromatic rings. The highest BCUT2D eigenvalue weighted by molar-refractivity contribution is 7.16. The fraction of sp³-hybridized carbons (Fsp3) is 0.600. The fourth-order valence-electron chi connectivity index (χ4n) is 1.41. The molecule has 0 aromatic carbocycles. The minimum atomic E-state index is 0.211. The third kappa shape index (κ3) is 2.70. The van der Waals surface area contributed by atoms with Crippen LogP contribution in [0.5, 0.6) is 0 Å². The highest BCUT2D eigenvalue weighted by atomic mass is 35.5. The predicted octanol–water partition coefficient (Wildman–Crippen LogP) is 3.49. The number of halogens is 1. The van der Waals surface area contributed by atoms with Crippen LogP contribution in [0.15, 0.2) is 12.1 Å². The van der Waals surface area contributed by atoms with Gasteiger partial charge in [0.05, 0.1) is 4.34 Å². The second-order valence-corrected chi connectivity index (χ2v) is 6.04. The molecule has 1 nitrogen and oxygen atoms in total. The van der Waals surface area contributed by atoms with Crippen molar-refractivity contribution in [2.75, 3.05) is 6.54 Å². The molecule has 1 rings (SSSR count). The Bertz CT molecular complexity index is 275. The summed E-state index contributed by atoms with van der Waals surface area (Å²) in [6, 6.07) is 4.02. The zero-order chi connectivity index (χ0) is 10.1. The first-order valence-electron chi connectivity index (χ1n) is 4.40. The van der Waals surface area contributed by atoms with Crippen molar-refractivity contribution in [1.82, 2.24) is 0 Å². The number of hydrogen-bond donors (Lipinski definition) is 1. The first-order chi connectivity index (χ1) is 5.95. The van der Waals surface area contributed by atoms with Crippen molar-refractivity contribution in [3.63, 3.8) is 0 Å². The molecule has 0 spiro atoms. The maximum atomic E-state index is 5.89. The average Bonchev–Trinajstić information content (AvgIpc) is 2.34. The van der Waals surface area contributed by atoms with Crippen LogP contribution in [0.3, 0.4) is 0 Å². The zero-order valence-electron chi connectivity index (χ0n) is 8.30. The molecular weight excluding hydrogens is 202 g/mol. The third-order valence-electron chi connectivity index (χ3n) is 2.22. The van der Waals surface area contributed by atoms with Gasteiger partial charge in [-0.2, -0.15) is 0 Å². The minimum Gasteiger partial charge on any atom is -0.330 e. The summed E-state index contributed by atoms with van der Waals surface area (Å²) in [5.41, 5.74) is 5.98. The molecule has 2 N–H and O–H groups in total. The smallest absolute Gasteiger partial charge is 0.0931 e. The second-order valence-electron chi connectivity index (χ2n) is 4.30. The van der Waals surface area contributed by atoms with Crippen molar-refractivity contribution in [2.45, 2.75) is 26.7 Å². The molecule has 1 atom stereocenters. The molecule has 1 unspecified atom stereocenters. The lowest BCUT2D eigenvalue weighted by atomic mass is 9.80. The van der Waals surface area contributed by atoms with Gasteiger partial charge in [0.25, 0.3) is 0 Å². The Kier molecular flexibility index (Phi) is 3.38. The van der Waals surface area contributed by atoms with Gasteiger partial charge in [0.1, 0.15) is 0 Å². The van der Waals surface area contributed by atoms with Crippen LogP contribution in [-0.2, 0) is 0 Å². The summed E-state index contributed by atoms with van der Waals surface area (Å²) in [7, 11) is 0. The molecule has 13 heavy (non-hydrogen) atoms. The Morgan fingerprint density at radius 2 is 2.08 bits per heavy atom. The normalized spacial score (nSPS) is 14.5. The van der Waals surface area contributed by atoms with Crippen molar-refractivity contribution in [3.8, 4) is 0 Å². The van der Waals surface area contributed by atoms with Gasteiger partial charge in [0, 0.05) is 17.3 Å². The van der Waals surface area contributed by atoms with Crippen LogP contribution in [0.1, 0.15) is 31.6 Å². The van der Waals surface area contributed by atoms with Crippen LogP contribution in [-0.4, -0.2) is 6.54 Å². The molecule has 0 fully saturated rings. The van der Waals surface area contributed by atoms with Gasteiger partial charge in [0.15, 0.2) is 0 Å². The molecule has 0 aliphatic rings. The van der Waals surface area contributed by atoms with Gasteiger partial charge in [-0.05, 0) is 17.5 Å². The molecule has 0 radical (unpaired) electrons. The van der Waals surface area contributed by atoms with E-state index in [1.807, 2.05) is 6.07 Å². The van der Waals surface area contributed by atoms with Crippen molar-refractivity contribution in [2.24, 2.45) is 11.1 Å². The molecule has 1 aromatic heterocycles. The Labute approximate surface area is 88.9 Å². The van der Waals surface area contributed by atoms with Gasteiger partial charge in [0.2, 0.25) is 0 Å². The van der Waals surface area contributed by atoms with Gasteiger partial charge in [-0.15, -0.1) is 11.3 Å².